The van der Waals surface area contributed by atoms with Crippen LogP contribution >= 0.6 is 11.3 Å². The van der Waals surface area contributed by atoms with Crippen molar-refractivity contribution in [1.82, 2.24) is 15.1 Å². The van der Waals surface area contributed by atoms with Crippen LogP contribution in [0.15, 0.2) is 11.4 Å². The van der Waals surface area contributed by atoms with Gasteiger partial charge in [-0.2, -0.15) is 0 Å². The maximum atomic E-state index is 12.3. The van der Waals surface area contributed by atoms with E-state index >= 15 is 0 Å². The van der Waals surface area contributed by atoms with E-state index in [0.29, 0.717) is 36.7 Å². The van der Waals surface area contributed by atoms with Crippen molar-refractivity contribution in [2.45, 2.75) is 6.04 Å². The van der Waals surface area contributed by atoms with Crippen LogP contribution in [0, 0.1) is 0 Å². The van der Waals surface area contributed by atoms with Crippen LogP contribution in [0.2, 0.25) is 0 Å². The van der Waals surface area contributed by atoms with Gasteiger partial charge in [-0.3, -0.25) is 4.79 Å². The summed E-state index contributed by atoms with van der Waals surface area (Å²) in [6, 6.07) is 1.81. The number of nitrogens with two attached hydrogens (primary N) is 1. The number of anilines is 1. The molecule has 2 aliphatic rings. The molecule has 3 amide bonds. The van der Waals surface area contributed by atoms with Crippen LogP contribution in [0.25, 0.3) is 0 Å². The SMILES string of the molecule is Nc1ccsc1C(=O)N1CCN2C(=O)NCC2C1. The molecule has 96 valence electrons. The summed E-state index contributed by atoms with van der Waals surface area (Å²) in [5.41, 5.74) is 6.30. The number of nitrogens with one attached hydrogen (secondary N) is 1. The van der Waals surface area contributed by atoms with Crippen molar-refractivity contribution in [3.63, 3.8) is 0 Å². The lowest BCUT2D eigenvalue weighted by Crippen LogP contribution is -2.53. The molecule has 18 heavy (non-hydrogen) atoms. The predicted molar refractivity (Wildman–Crippen MR) is 68.5 cm³/mol. The normalized spacial score (nSPS) is 22.9. The molecule has 2 fully saturated rings. The Morgan fingerprint density at radius 2 is 2.33 bits per heavy atom. The van der Waals surface area contributed by atoms with Crippen molar-refractivity contribution in [3.05, 3.63) is 16.3 Å². The third-order valence-corrected chi connectivity index (χ3v) is 4.33. The summed E-state index contributed by atoms with van der Waals surface area (Å²) in [5, 5.41) is 4.61. The first-order chi connectivity index (χ1) is 8.66. The number of rotatable bonds is 1. The summed E-state index contributed by atoms with van der Waals surface area (Å²) in [6.45, 7) is 2.35. The van der Waals surface area contributed by atoms with Crippen LogP contribution in [0.1, 0.15) is 9.67 Å². The number of nitrogens with zero attached hydrogens (tertiary/aromatic N) is 2. The minimum atomic E-state index is -0.0264. The maximum absolute atomic E-state index is 12.3. The molecule has 0 spiro atoms. The van der Waals surface area contributed by atoms with Gasteiger partial charge in [0.1, 0.15) is 4.88 Å². The van der Waals surface area contributed by atoms with Crippen LogP contribution in [-0.4, -0.2) is 54.0 Å². The summed E-state index contributed by atoms with van der Waals surface area (Å²) in [6.07, 6.45) is 0. The Kier molecular flexibility index (Phi) is 2.62. The lowest BCUT2D eigenvalue weighted by Gasteiger charge is -2.36. The minimum absolute atomic E-state index is 0.0252. The van der Waals surface area contributed by atoms with Crippen molar-refractivity contribution in [3.8, 4) is 0 Å². The first kappa shape index (κ1) is 11.3. The third-order valence-electron chi connectivity index (χ3n) is 3.41. The largest absolute Gasteiger partial charge is 0.397 e. The maximum Gasteiger partial charge on any atom is 0.317 e. The van der Waals surface area contributed by atoms with E-state index < -0.39 is 0 Å². The van der Waals surface area contributed by atoms with E-state index in [1.54, 1.807) is 15.9 Å². The second kappa shape index (κ2) is 4.16. The Morgan fingerprint density at radius 3 is 3.06 bits per heavy atom. The molecule has 1 unspecified atom stereocenters. The molecule has 0 aromatic carbocycles. The van der Waals surface area contributed by atoms with Gasteiger partial charge in [-0.1, -0.05) is 0 Å². The zero-order chi connectivity index (χ0) is 12.7. The van der Waals surface area contributed by atoms with Gasteiger partial charge in [0.05, 0.1) is 11.7 Å². The van der Waals surface area contributed by atoms with Gasteiger partial charge in [0.25, 0.3) is 5.91 Å². The van der Waals surface area contributed by atoms with Crippen LogP contribution < -0.4 is 11.1 Å². The molecule has 1 atom stereocenters. The van der Waals surface area contributed by atoms with Crippen LogP contribution in [0.5, 0.6) is 0 Å². The van der Waals surface area contributed by atoms with E-state index in [9.17, 15) is 9.59 Å². The summed E-state index contributed by atoms with van der Waals surface area (Å²) < 4.78 is 0. The van der Waals surface area contributed by atoms with E-state index in [1.807, 2.05) is 5.38 Å². The van der Waals surface area contributed by atoms with Crippen molar-refractivity contribution >= 4 is 29.0 Å². The van der Waals surface area contributed by atoms with Crippen LogP contribution in [-0.2, 0) is 0 Å². The summed E-state index contributed by atoms with van der Waals surface area (Å²) >= 11 is 1.36. The average molecular weight is 266 g/mol. The van der Waals surface area contributed by atoms with Crippen molar-refractivity contribution in [1.29, 1.82) is 0 Å². The van der Waals surface area contributed by atoms with Crippen molar-refractivity contribution in [2.24, 2.45) is 0 Å². The van der Waals surface area contributed by atoms with Gasteiger partial charge in [-0.15, -0.1) is 11.3 Å². The van der Waals surface area contributed by atoms with Crippen LogP contribution in [0.4, 0.5) is 10.5 Å². The number of hydrogen-bond acceptors (Lipinski definition) is 4. The number of amides is 3. The zero-order valence-electron chi connectivity index (χ0n) is 9.76. The number of hydrogen-bond donors (Lipinski definition) is 2. The smallest absolute Gasteiger partial charge is 0.317 e. The summed E-state index contributed by atoms with van der Waals surface area (Å²) in [4.78, 5) is 27.9. The second-order valence-electron chi connectivity index (χ2n) is 4.49. The molecule has 3 N–H and O–H groups in total. The fraction of sp³-hybridized carbons (Fsp3) is 0.455. The summed E-state index contributed by atoms with van der Waals surface area (Å²) in [7, 11) is 0. The number of fused-ring (bicyclic) bond motifs is 1. The van der Waals surface area contributed by atoms with Gasteiger partial charge in [-0.25, -0.2) is 4.79 Å². The van der Waals surface area contributed by atoms with E-state index in [4.69, 9.17) is 5.73 Å². The van der Waals surface area contributed by atoms with Gasteiger partial charge in [0, 0.05) is 26.2 Å². The number of carbonyl (C=O) groups is 2. The molecule has 0 aliphatic carbocycles. The number of urea groups is 1. The van der Waals surface area contributed by atoms with Gasteiger partial charge in [0.2, 0.25) is 0 Å². The lowest BCUT2D eigenvalue weighted by atomic mass is 10.2. The highest BCUT2D eigenvalue weighted by Crippen LogP contribution is 2.23. The third kappa shape index (κ3) is 1.71. The highest BCUT2D eigenvalue weighted by Gasteiger charge is 2.37. The van der Waals surface area contributed by atoms with E-state index in [1.165, 1.54) is 11.3 Å². The first-order valence-corrected chi connectivity index (χ1v) is 6.71. The Morgan fingerprint density at radius 1 is 1.50 bits per heavy atom. The lowest BCUT2D eigenvalue weighted by molar-refractivity contribution is 0.0622. The Hall–Kier alpha value is -1.76. The van der Waals surface area contributed by atoms with Crippen molar-refractivity contribution in [2.75, 3.05) is 31.9 Å². The van der Waals surface area contributed by atoms with Gasteiger partial charge in [-0.05, 0) is 11.4 Å². The van der Waals surface area contributed by atoms with Gasteiger partial charge in [0.15, 0.2) is 0 Å². The molecule has 1 aromatic heterocycles. The number of piperazine rings is 1. The van der Waals surface area contributed by atoms with E-state index in [-0.39, 0.29) is 18.0 Å². The molecule has 3 heterocycles. The van der Waals surface area contributed by atoms with Gasteiger partial charge < -0.3 is 20.9 Å². The highest BCUT2D eigenvalue weighted by molar-refractivity contribution is 7.12. The van der Waals surface area contributed by atoms with E-state index in [2.05, 4.69) is 5.32 Å². The molecule has 6 nitrogen and oxygen atoms in total. The topological polar surface area (TPSA) is 78.7 Å². The first-order valence-electron chi connectivity index (χ1n) is 5.83. The molecular weight excluding hydrogens is 252 g/mol. The zero-order valence-corrected chi connectivity index (χ0v) is 10.6. The fourth-order valence-corrected chi connectivity index (χ4v) is 3.21. The molecular formula is C11H14N4O2S. The monoisotopic (exact) mass is 266 g/mol. The second-order valence-corrected chi connectivity index (χ2v) is 5.41. The fourth-order valence-electron chi connectivity index (χ4n) is 2.43. The quantitative estimate of drug-likeness (QED) is 0.761. The highest BCUT2D eigenvalue weighted by atomic mass is 32.1. The molecule has 0 saturated carbocycles. The van der Waals surface area contributed by atoms with Crippen LogP contribution in [0.3, 0.4) is 0 Å². The molecule has 0 bridgehead atoms. The Labute approximate surface area is 108 Å². The molecule has 2 aliphatic heterocycles. The summed E-state index contributed by atoms with van der Waals surface area (Å²) in [5.74, 6) is -0.0264. The molecule has 0 radical (unpaired) electrons. The standard InChI is InChI=1S/C11H14N4O2S/c12-8-1-4-18-9(8)10(16)14-2-3-15-7(6-14)5-13-11(15)17/h1,4,7H,2-3,5-6,12H2,(H,13,17). The molecule has 3 rings (SSSR count). The number of thiophene rings is 1. The van der Waals surface area contributed by atoms with Gasteiger partial charge >= 0.3 is 6.03 Å². The molecule has 2 saturated heterocycles. The Bertz CT molecular complexity index is 501. The molecule has 7 heteroatoms. The Balaban J connectivity index is 1.74. The minimum Gasteiger partial charge on any atom is -0.397 e. The van der Waals surface area contributed by atoms with Crippen molar-refractivity contribution < 1.29 is 9.59 Å². The number of carbonyl (C=O) groups excluding carboxylic acids is 2. The number of nitrogen functional groups attached to an aromatic ring is 1. The predicted octanol–water partition coefficient (Wildman–Crippen LogP) is 0.180. The average Bonchev–Trinajstić information content (AvgIpc) is 2.95. The molecule has 1 aromatic rings. The van der Waals surface area contributed by atoms with E-state index in [0.717, 1.165) is 0 Å².